The summed E-state index contributed by atoms with van der Waals surface area (Å²) in [6.07, 6.45) is 2.72. The highest BCUT2D eigenvalue weighted by Crippen LogP contribution is 2.20. The number of ether oxygens (including phenoxy) is 1. The number of hydrogen-bond donors (Lipinski definition) is 0. The first-order valence-corrected chi connectivity index (χ1v) is 6.34. The maximum Gasteiger partial charge on any atom is 0.341 e. The van der Waals surface area contributed by atoms with E-state index in [4.69, 9.17) is 9.15 Å². The number of nitrogens with zero attached hydrogens (tertiary/aromatic N) is 2. The molecule has 100 valence electrons. The van der Waals surface area contributed by atoms with Gasteiger partial charge >= 0.3 is 5.97 Å². The minimum atomic E-state index is -0.469. The number of esters is 1. The largest absolute Gasteiger partial charge is 0.472 e. The molecule has 19 heavy (non-hydrogen) atoms. The summed E-state index contributed by atoms with van der Waals surface area (Å²) in [6.45, 7) is 1.52. The van der Waals surface area contributed by atoms with Crippen LogP contribution in [0, 0.1) is 0 Å². The van der Waals surface area contributed by atoms with E-state index in [-0.39, 0.29) is 12.5 Å². The van der Waals surface area contributed by atoms with Crippen LogP contribution in [0.2, 0.25) is 0 Å². The van der Waals surface area contributed by atoms with Crippen LogP contribution in [-0.4, -0.2) is 23.9 Å². The number of anilines is 1. The van der Waals surface area contributed by atoms with E-state index in [1.54, 1.807) is 12.4 Å². The van der Waals surface area contributed by atoms with Crippen molar-refractivity contribution in [3.8, 4) is 0 Å². The number of thiazole rings is 1. The van der Waals surface area contributed by atoms with Gasteiger partial charge in [-0.1, -0.05) is 0 Å². The van der Waals surface area contributed by atoms with Crippen LogP contribution < -0.4 is 4.90 Å². The van der Waals surface area contributed by atoms with Gasteiger partial charge in [-0.3, -0.25) is 9.69 Å². The van der Waals surface area contributed by atoms with E-state index in [1.807, 2.05) is 0 Å². The summed E-state index contributed by atoms with van der Waals surface area (Å²) in [5, 5.41) is 2.32. The van der Waals surface area contributed by atoms with Gasteiger partial charge in [0.25, 0.3) is 0 Å². The molecule has 0 saturated carbocycles. The lowest BCUT2D eigenvalue weighted by Crippen LogP contribution is -2.22. The Hall–Kier alpha value is -2.15. The van der Waals surface area contributed by atoms with E-state index in [0.29, 0.717) is 16.4 Å². The van der Waals surface area contributed by atoms with Crippen molar-refractivity contribution in [2.75, 3.05) is 11.9 Å². The molecule has 7 heteroatoms. The lowest BCUT2D eigenvalue weighted by atomic mass is 10.3. The van der Waals surface area contributed by atoms with E-state index in [9.17, 15) is 9.59 Å². The van der Waals surface area contributed by atoms with Crippen LogP contribution >= 0.6 is 11.3 Å². The van der Waals surface area contributed by atoms with Crippen LogP contribution in [0.3, 0.4) is 0 Å². The fourth-order valence-electron chi connectivity index (χ4n) is 1.25. The predicted molar refractivity (Wildman–Crippen MR) is 69.0 cm³/mol. The zero-order valence-electron chi connectivity index (χ0n) is 10.5. The summed E-state index contributed by atoms with van der Waals surface area (Å²) in [5.41, 5.74) is 0.959. The molecule has 0 atom stereocenters. The third-order valence-electron chi connectivity index (χ3n) is 2.41. The summed E-state index contributed by atoms with van der Waals surface area (Å²) in [5.74, 6) is -0.570. The lowest BCUT2D eigenvalue weighted by Gasteiger charge is -2.09. The van der Waals surface area contributed by atoms with Crippen LogP contribution in [-0.2, 0) is 16.1 Å². The van der Waals surface area contributed by atoms with Crippen molar-refractivity contribution in [3.63, 3.8) is 0 Å². The summed E-state index contributed by atoms with van der Waals surface area (Å²) in [6, 6.07) is 1.53. The first-order chi connectivity index (χ1) is 9.08. The topological polar surface area (TPSA) is 72.6 Å². The van der Waals surface area contributed by atoms with Gasteiger partial charge in [0, 0.05) is 19.4 Å². The van der Waals surface area contributed by atoms with Crippen molar-refractivity contribution < 1.29 is 18.7 Å². The van der Waals surface area contributed by atoms with Crippen molar-refractivity contribution in [1.29, 1.82) is 0 Å². The van der Waals surface area contributed by atoms with E-state index in [1.165, 1.54) is 41.8 Å². The number of rotatable bonds is 4. The number of aromatic nitrogens is 1. The first-order valence-electron chi connectivity index (χ1n) is 5.46. The van der Waals surface area contributed by atoms with E-state index < -0.39 is 5.97 Å². The zero-order valence-corrected chi connectivity index (χ0v) is 11.3. The second kappa shape index (κ2) is 5.66. The molecule has 6 nitrogen and oxygen atoms in total. The molecule has 0 aliphatic heterocycles. The van der Waals surface area contributed by atoms with Gasteiger partial charge in [-0.05, 0) is 6.07 Å². The average Bonchev–Trinajstić information content (AvgIpc) is 3.06. The fourth-order valence-corrected chi connectivity index (χ4v) is 2.07. The Bertz CT molecular complexity index is 576. The minimum absolute atomic E-state index is 0.0618. The molecular weight excluding hydrogens is 268 g/mol. The Morgan fingerprint density at radius 1 is 1.53 bits per heavy atom. The molecule has 0 aromatic carbocycles. The van der Waals surface area contributed by atoms with Gasteiger partial charge in [0.05, 0.1) is 17.5 Å². The highest BCUT2D eigenvalue weighted by atomic mass is 32.1. The number of hydrogen-bond acceptors (Lipinski definition) is 6. The Balaban J connectivity index is 1.94. The number of carbonyl (C=O) groups excluding carboxylic acids is 2. The van der Waals surface area contributed by atoms with E-state index in [0.717, 1.165) is 0 Å². The van der Waals surface area contributed by atoms with Crippen molar-refractivity contribution in [3.05, 3.63) is 35.2 Å². The van der Waals surface area contributed by atoms with Gasteiger partial charge in [0.15, 0.2) is 5.13 Å². The molecule has 0 aliphatic rings. The maximum absolute atomic E-state index is 11.6. The second-order valence-corrected chi connectivity index (χ2v) is 4.62. The highest BCUT2D eigenvalue weighted by molar-refractivity contribution is 7.14. The SMILES string of the molecule is CC(=O)N(C)c1nc(COC(=O)c2ccoc2)cs1. The van der Waals surface area contributed by atoms with Gasteiger partial charge < -0.3 is 9.15 Å². The van der Waals surface area contributed by atoms with Crippen LogP contribution in [0.15, 0.2) is 28.4 Å². The quantitative estimate of drug-likeness (QED) is 0.802. The molecule has 0 fully saturated rings. The molecule has 0 spiro atoms. The zero-order chi connectivity index (χ0) is 13.8. The molecule has 2 rings (SSSR count). The maximum atomic E-state index is 11.6. The van der Waals surface area contributed by atoms with Gasteiger partial charge in [0.1, 0.15) is 12.9 Å². The molecular formula is C12H12N2O4S. The lowest BCUT2D eigenvalue weighted by molar-refractivity contribution is -0.116. The van der Waals surface area contributed by atoms with Gasteiger partial charge in [-0.15, -0.1) is 11.3 Å². The molecule has 0 aliphatic carbocycles. The number of amides is 1. The molecule has 2 heterocycles. The molecule has 0 unspecified atom stereocenters. The Morgan fingerprint density at radius 3 is 2.95 bits per heavy atom. The molecule has 2 aromatic rings. The Kier molecular flexibility index (Phi) is 3.96. The van der Waals surface area contributed by atoms with Crippen LogP contribution in [0.1, 0.15) is 23.0 Å². The Morgan fingerprint density at radius 2 is 2.32 bits per heavy atom. The van der Waals surface area contributed by atoms with Gasteiger partial charge in [-0.2, -0.15) is 0 Å². The highest BCUT2D eigenvalue weighted by Gasteiger charge is 2.13. The minimum Gasteiger partial charge on any atom is -0.472 e. The van der Waals surface area contributed by atoms with Crippen molar-refractivity contribution >= 4 is 28.3 Å². The molecule has 0 saturated heterocycles. The van der Waals surface area contributed by atoms with E-state index >= 15 is 0 Å². The van der Waals surface area contributed by atoms with Crippen LogP contribution in [0.25, 0.3) is 0 Å². The smallest absolute Gasteiger partial charge is 0.341 e. The summed E-state index contributed by atoms with van der Waals surface area (Å²) in [4.78, 5) is 28.4. The van der Waals surface area contributed by atoms with Crippen molar-refractivity contribution in [1.82, 2.24) is 4.98 Å². The molecule has 2 aromatic heterocycles. The third kappa shape index (κ3) is 3.19. The van der Waals surface area contributed by atoms with Crippen molar-refractivity contribution in [2.24, 2.45) is 0 Å². The standard InChI is InChI=1S/C12H12N2O4S/c1-8(15)14(2)12-13-10(7-19-12)6-18-11(16)9-3-4-17-5-9/h3-5,7H,6H2,1-2H3. The number of furan rings is 1. The van der Waals surface area contributed by atoms with Crippen LogP contribution in [0.4, 0.5) is 5.13 Å². The third-order valence-corrected chi connectivity index (χ3v) is 3.37. The summed E-state index contributed by atoms with van der Waals surface area (Å²) in [7, 11) is 1.64. The first kappa shape index (κ1) is 13.3. The van der Waals surface area contributed by atoms with E-state index in [2.05, 4.69) is 4.98 Å². The second-order valence-electron chi connectivity index (χ2n) is 3.79. The predicted octanol–water partition coefficient (Wildman–Crippen LogP) is 2.08. The van der Waals surface area contributed by atoms with Gasteiger partial charge in [-0.25, -0.2) is 9.78 Å². The summed E-state index contributed by atoms with van der Waals surface area (Å²) >= 11 is 1.32. The summed E-state index contributed by atoms with van der Waals surface area (Å²) < 4.78 is 9.86. The van der Waals surface area contributed by atoms with Gasteiger partial charge in [0.2, 0.25) is 5.91 Å². The average molecular weight is 280 g/mol. The fraction of sp³-hybridized carbons (Fsp3) is 0.250. The molecule has 0 bridgehead atoms. The van der Waals surface area contributed by atoms with Crippen LogP contribution in [0.5, 0.6) is 0 Å². The normalized spacial score (nSPS) is 10.2. The molecule has 1 amide bonds. The van der Waals surface area contributed by atoms with Crippen molar-refractivity contribution in [2.45, 2.75) is 13.5 Å². The molecule has 0 radical (unpaired) electrons. The monoisotopic (exact) mass is 280 g/mol. The number of carbonyl (C=O) groups is 2. The Labute approximate surface area is 113 Å². The molecule has 0 N–H and O–H groups in total.